The fourth-order valence-electron chi connectivity index (χ4n) is 2.26. The van der Waals surface area contributed by atoms with Crippen molar-refractivity contribution < 1.29 is 14.0 Å². The highest BCUT2D eigenvalue weighted by Crippen LogP contribution is 2.20. The normalized spacial score (nSPS) is 17.0. The summed E-state index contributed by atoms with van der Waals surface area (Å²) in [6.07, 6.45) is 5.13. The summed E-state index contributed by atoms with van der Waals surface area (Å²) in [7, 11) is 0. The summed E-state index contributed by atoms with van der Waals surface area (Å²) in [5, 5.41) is 6.66. The zero-order chi connectivity index (χ0) is 15.5. The van der Waals surface area contributed by atoms with Crippen molar-refractivity contribution in [1.29, 1.82) is 0 Å². The van der Waals surface area contributed by atoms with Gasteiger partial charge >= 0.3 is 0 Å². The minimum absolute atomic E-state index is 0.118. The van der Waals surface area contributed by atoms with Crippen LogP contribution in [0.25, 0.3) is 5.69 Å². The van der Waals surface area contributed by atoms with E-state index in [-0.39, 0.29) is 17.8 Å². The van der Waals surface area contributed by atoms with E-state index in [1.54, 1.807) is 29.1 Å². The van der Waals surface area contributed by atoms with Gasteiger partial charge < -0.3 is 14.7 Å². The number of carbonyl (C=O) groups excluding carboxylic acids is 1. The SMILES string of the molecule is CC(=O)NC[C@H]1CC(c2ccc(-n3ccnc3)c(F)c2)=NO1. The van der Waals surface area contributed by atoms with E-state index >= 15 is 0 Å². The molecule has 114 valence electrons. The Morgan fingerprint density at radius 2 is 2.41 bits per heavy atom. The van der Waals surface area contributed by atoms with E-state index in [9.17, 15) is 9.18 Å². The lowest BCUT2D eigenvalue weighted by Gasteiger charge is -2.08. The number of nitrogens with zero attached hydrogens (tertiary/aromatic N) is 3. The molecule has 7 heteroatoms. The first-order valence-corrected chi connectivity index (χ1v) is 6.89. The van der Waals surface area contributed by atoms with Crippen LogP contribution in [0.5, 0.6) is 0 Å². The lowest BCUT2D eigenvalue weighted by atomic mass is 10.0. The molecule has 1 atom stereocenters. The van der Waals surface area contributed by atoms with Gasteiger partial charge in [-0.1, -0.05) is 11.2 Å². The van der Waals surface area contributed by atoms with Gasteiger partial charge in [0, 0.05) is 31.3 Å². The number of carbonyl (C=O) groups is 1. The van der Waals surface area contributed by atoms with Crippen molar-refractivity contribution in [2.45, 2.75) is 19.4 Å². The van der Waals surface area contributed by atoms with Crippen molar-refractivity contribution in [1.82, 2.24) is 14.9 Å². The van der Waals surface area contributed by atoms with Gasteiger partial charge in [0.05, 0.1) is 24.3 Å². The van der Waals surface area contributed by atoms with E-state index in [2.05, 4.69) is 15.5 Å². The fourth-order valence-corrected chi connectivity index (χ4v) is 2.26. The van der Waals surface area contributed by atoms with Gasteiger partial charge in [0.2, 0.25) is 5.91 Å². The Labute approximate surface area is 126 Å². The van der Waals surface area contributed by atoms with E-state index in [4.69, 9.17) is 4.84 Å². The van der Waals surface area contributed by atoms with Crippen LogP contribution in [0.4, 0.5) is 4.39 Å². The van der Waals surface area contributed by atoms with Gasteiger partial charge in [-0.15, -0.1) is 0 Å². The van der Waals surface area contributed by atoms with E-state index in [1.165, 1.54) is 19.3 Å². The maximum Gasteiger partial charge on any atom is 0.217 e. The van der Waals surface area contributed by atoms with Crippen molar-refractivity contribution >= 4 is 11.6 Å². The first-order chi connectivity index (χ1) is 10.6. The molecule has 0 bridgehead atoms. The molecule has 0 saturated carbocycles. The fraction of sp³-hybridized carbons (Fsp3) is 0.267. The van der Waals surface area contributed by atoms with E-state index in [0.29, 0.717) is 29.9 Å². The molecule has 1 aliphatic heterocycles. The second-order valence-corrected chi connectivity index (χ2v) is 5.04. The van der Waals surface area contributed by atoms with Crippen LogP contribution >= 0.6 is 0 Å². The van der Waals surface area contributed by atoms with Gasteiger partial charge in [0.25, 0.3) is 0 Å². The van der Waals surface area contributed by atoms with Crippen molar-refractivity contribution in [3.8, 4) is 5.69 Å². The minimum Gasteiger partial charge on any atom is -0.390 e. The highest BCUT2D eigenvalue weighted by molar-refractivity contribution is 6.01. The van der Waals surface area contributed by atoms with Crippen molar-refractivity contribution in [3.63, 3.8) is 0 Å². The van der Waals surface area contributed by atoms with Crippen molar-refractivity contribution in [2.24, 2.45) is 5.16 Å². The Balaban J connectivity index is 1.71. The lowest BCUT2D eigenvalue weighted by molar-refractivity contribution is -0.119. The summed E-state index contributed by atoms with van der Waals surface area (Å²) in [5.74, 6) is -0.476. The molecule has 0 saturated heterocycles. The molecule has 0 fully saturated rings. The first-order valence-electron chi connectivity index (χ1n) is 6.89. The van der Waals surface area contributed by atoms with Crippen LogP contribution in [0.15, 0.2) is 42.1 Å². The molecule has 22 heavy (non-hydrogen) atoms. The summed E-state index contributed by atoms with van der Waals surface area (Å²) >= 11 is 0. The van der Waals surface area contributed by atoms with Crippen LogP contribution in [0, 0.1) is 5.82 Å². The Kier molecular flexibility index (Phi) is 3.86. The van der Waals surface area contributed by atoms with E-state index in [0.717, 1.165) is 0 Å². The van der Waals surface area contributed by atoms with Crippen LogP contribution in [-0.4, -0.2) is 33.8 Å². The molecule has 0 spiro atoms. The summed E-state index contributed by atoms with van der Waals surface area (Å²) in [5.41, 5.74) is 1.77. The molecule has 3 rings (SSSR count). The molecular formula is C15H15FN4O2. The molecule has 1 aromatic heterocycles. The average molecular weight is 302 g/mol. The number of nitrogens with one attached hydrogen (secondary N) is 1. The van der Waals surface area contributed by atoms with Gasteiger partial charge in [-0.25, -0.2) is 9.37 Å². The highest BCUT2D eigenvalue weighted by atomic mass is 19.1. The average Bonchev–Trinajstić information content (AvgIpc) is 3.16. The Morgan fingerprint density at radius 1 is 1.55 bits per heavy atom. The Bertz CT molecular complexity index is 712. The number of hydrogen-bond acceptors (Lipinski definition) is 4. The standard InChI is InChI=1S/C15H15FN4O2/c1-10(21)18-8-12-7-14(19-22-12)11-2-3-15(13(16)6-11)20-5-4-17-9-20/h2-6,9,12H,7-8H2,1H3,(H,18,21)/t12-/m1/s1. The first kappa shape index (κ1) is 14.2. The molecular weight excluding hydrogens is 287 g/mol. The van der Waals surface area contributed by atoms with Crippen molar-refractivity contribution in [2.75, 3.05) is 6.54 Å². The number of aromatic nitrogens is 2. The summed E-state index contributed by atoms with van der Waals surface area (Å²) in [4.78, 5) is 20.0. The molecule has 0 unspecified atom stereocenters. The molecule has 1 aromatic carbocycles. The smallest absolute Gasteiger partial charge is 0.217 e. The van der Waals surface area contributed by atoms with Gasteiger partial charge in [-0.3, -0.25) is 4.79 Å². The molecule has 2 heterocycles. The highest BCUT2D eigenvalue weighted by Gasteiger charge is 2.23. The third-order valence-corrected chi connectivity index (χ3v) is 3.38. The van der Waals surface area contributed by atoms with Gasteiger partial charge in [-0.2, -0.15) is 0 Å². The Hall–Kier alpha value is -2.70. The number of oxime groups is 1. The zero-order valence-corrected chi connectivity index (χ0v) is 12.0. The number of halogens is 1. The van der Waals surface area contributed by atoms with Crippen LogP contribution in [0.1, 0.15) is 18.9 Å². The number of rotatable bonds is 4. The third kappa shape index (κ3) is 2.98. The van der Waals surface area contributed by atoms with Gasteiger partial charge in [0.1, 0.15) is 11.9 Å². The molecule has 1 N–H and O–H groups in total. The number of imidazole rings is 1. The van der Waals surface area contributed by atoms with Gasteiger partial charge in [-0.05, 0) is 12.1 Å². The number of benzene rings is 1. The molecule has 6 nitrogen and oxygen atoms in total. The maximum absolute atomic E-state index is 14.2. The van der Waals surface area contributed by atoms with E-state index in [1.807, 2.05) is 0 Å². The predicted octanol–water partition coefficient (Wildman–Crippen LogP) is 1.64. The third-order valence-electron chi connectivity index (χ3n) is 3.38. The molecule has 1 amide bonds. The second-order valence-electron chi connectivity index (χ2n) is 5.04. The largest absolute Gasteiger partial charge is 0.390 e. The van der Waals surface area contributed by atoms with Crippen LogP contribution in [0.3, 0.4) is 0 Å². The molecule has 2 aromatic rings. The molecule has 0 aliphatic carbocycles. The quantitative estimate of drug-likeness (QED) is 0.933. The van der Waals surface area contributed by atoms with Crippen molar-refractivity contribution in [3.05, 3.63) is 48.3 Å². The topological polar surface area (TPSA) is 68.5 Å². The molecule has 1 aliphatic rings. The van der Waals surface area contributed by atoms with E-state index < -0.39 is 0 Å². The minimum atomic E-state index is -0.358. The Morgan fingerprint density at radius 3 is 3.09 bits per heavy atom. The number of hydrogen-bond donors (Lipinski definition) is 1. The predicted molar refractivity (Wildman–Crippen MR) is 78.2 cm³/mol. The summed E-state index contributed by atoms with van der Waals surface area (Å²) in [6, 6.07) is 4.90. The summed E-state index contributed by atoms with van der Waals surface area (Å²) < 4.78 is 15.8. The van der Waals surface area contributed by atoms with Crippen LogP contribution < -0.4 is 5.32 Å². The molecule has 0 radical (unpaired) electrons. The van der Waals surface area contributed by atoms with Gasteiger partial charge in [0.15, 0.2) is 0 Å². The zero-order valence-electron chi connectivity index (χ0n) is 12.0. The number of amides is 1. The summed E-state index contributed by atoms with van der Waals surface area (Å²) in [6.45, 7) is 1.83. The lowest BCUT2D eigenvalue weighted by Crippen LogP contribution is -2.30. The maximum atomic E-state index is 14.2. The second kappa shape index (κ2) is 5.97. The van der Waals surface area contributed by atoms with Crippen LogP contribution in [0.2, 0.25) is 0 Å². The monoisotopic (exact) mass is 302 g/mol. The van der Waals surface area contributed by atoms with Crippen LogP contribution in [-0.2, 0) is 9.63 Å².